The molecule has 0 saturated carbocycles. The van der Waals surface area contributed by atoms with Gasteiger partial charge in [0, 0.05) is 23.7 Å². The molecule has 19 heavy (non-hydrogen) atoms. The molecule has 1 atom stereocenters. The summed E-state index contributed by atoms with van der Waals surface area (Å²) in [7, 11) is 0. The number of amides is 2. The van der Waals surface area contributed by atoms with Gasteiger partial charge >= 0.3 is 6.03 Å². The van der Waals surface area contributed by atoms with E-state index in [4.69, 9.17) is 0 Å². The third-order valence-electron chi connectivity index (χ3n) is 3.15. The van der Waals surface area contributed by atoms with Crippen molar-refractivity contribution in [1.29, 1.82) is 0 Å². The number of anilines is 1. The molecule has 2 rings (SSSR count). The van der Waals surface area contributed by atoms with E-state index in [2.05, 4.69) is 16.0 Å². The van der Waals surface area contributed by atoms with E-state index in [0.717, 1.165) is 17.1 Å². The van der Waals surface area contributed by atoms with Crippen molar-refractivity contribution in [1.82, 2.24) is 10.6 Å². The Hall–Kier alpha value is -1.24. The average Bonchev–Trinajstić information content (AvgIpc) is 2.85. The van der Waals surface area contributed by atoms with Crippen molar-refractivity contribution in [3.05, 3.63) is 24.3 Å². The second kappa shape index (κ2) is 6.27. The summed E-state index contributed by atoms with van der Waals surface area (Å²) in [6.07, 6.45) is 2.67. The first-order valence-electron chi connectivity index (χ1n) is 6.23. The minimum absolute atomic E-state index is 0.259. The largest absolute Gasteiger partial charge is 0.387 e. The first-order chi connectivity index (χ1) is 9.11. The minimum atomic E-state index is -0.819. The van der Waals surface area contributed by atoms with Crippen LogP contribution in [0.2, 0.25) is 0 Å². The van der Waals surface area contributed by atoms with Crippen LogP contribution in [-0.2, 0) is 0 Å². The summed E-state index contributed by atoms with van der Waals surface area (Å²) in [5.74, 6) is 0. The minimum Gasteiger partial charge on any atom is -0.387 e. The van der Waals surface area contributed by atoms with E-state index in [9.17, 15) is 9.90 Å². The molecular weight excluding hydrogens is 262 g/mol. The van der Waals surface area contributed by atoms with E-state index in [1.807, 2.05) is 30.5 Å². The Labute approximate surface area is 117 Å². The standard InChI is InChI=1S/C13H19N3O2S/c1-19-11-4-2-10(3-5-11)16-12(17)15-9-13(18)6-7-14-8-13/h2-5,14,18H,6-9H2,1H3,(H2,15,16,17). The van der Waals surface area contributed by atoms with Crippen molar-refractivity contribution in [3.8, 4) is 0 Å². The summed E-state index contributed by atoms with van der Waals surface area (Å²) in [6, 6.07) is 7.33. The number of aliphatic hydroxyl groups is 1. The zero-order valence-corrected chi connectivity index (χ0v) is 11.7. The monoisotopic (exact) mass is 281 g/mol. The Balaban J connectivity index is 1.80. The maximum Gasteiger partial charge on any atom is 0.319 e. The topological polar surface area (TPSA) is 73.4 Å². The van der Waals surface area contributed by atoms with E-state index in [1.54, 1.807) is 11.8 Å². The van der Waals surface area contributed by atoms with E-state index < -0.39 is 5.60 Å². The highest BCUT2D eigenvalue weighted by Gasteiger charge is 2.31. The quantitative estimate of drug-likeness (QED) is 0.627. The molecule has 1 aromatic rings. The summed E-state index contributed by atoms with van der Waals surface area (Å²) in [5.41, 5.74) is -0.0770. The number of hydrogen-bond acceptors (Lipinski definition) is 4. The first kappa shape index (κ1) is 14.2. The normalized spacial score (nSPS) is 22.2. The van der Waals surface area contributed by atoms with E-state index in [-0.39, 0.29) is 12.6 Å². The summed E-state index contributed by atoms with van der Waals surface area (Å²) < 4.78 is 0. The van der Waals surface area contributed by atoms with Crippen molar-refractivity contribution in [2.24, 2.45) is 0 Å². The second-order valence-corrected chi connectivity index (χ2v) is 5.57. The maximum atomic E-state index is 11.7. The molecule has 1 unspecified atom stereocenters. The number of urea groups is 1. The van der Waals surface area contributed by atoms with Crippen LogP contribution < -0.4 is 16.0 Å². The molecule has 104 valence electrons. The van der Waals surface area contributed by atoms with Crippen LogP contribution in [0.5, 0.6) is 0 Å². The highest BCUT2D eigenvalue weighted by molar-refractivity contribution is 7.98. The van der Waals surface area contributed by atoms with Gasteiger partial charge in [-0.25, -0.2) is 4.79 Å². The van der Waals surface area contributed by atoms with Gasteiger partial charge in [0.1, 0.15) is 0 Å². The van der Waals surface area contributed by atoms with Gasteiger partial charge in [-0.2, -0.15) is 0 Å². The third kappa shape index (κ3) is 4.12. The Morgan fingerprint density at radius 1 is 1.47 bits per heavy atom. The van der Waals surface area contributed by atoms with Crippen molar-refractivity contribution in [2.75, 3.05) is 31.2 Å². The number of hydrogen-bond donors (Lipinski definition) is 4. The van der Waals surface area contributed by atoms with E-state index in [0.29, 0.717) is 13.0 Å². The molecule has 2 amide bonds. The lowest BCUT2D eigenvalue weighted by atomic mass is 10.0. The van der Waals surface area contributed by atoms with Crippen LogP contribution in [-0.4, -0.2) is 42.6 Å². The Morgan fingerprint density at radius 3 is 2.79 bits per heavy atom. The van der Waals surface area contributed by atoms with Crippen molar-refractivity contribution >= 4 is 23.5 Å². The van der Waals surface area contributed by atoms with Crippen LogP contribution in [0, 0.1) is 0 Å². The SMILES string of the molecule is CSc1ccc(NC(=O)NCC2(O)CCNC2)cc1. The molecule has 0 spiro atoms. The fourth-order valence-electron chi connectivity index (χ4n) is 1.98. The Bertz CT molecular complexity index is 430. The summed E-state index contributed by atoms with van der Waals surface area (Å²) in [5, 5.41) is 18.6. The van der Waals surface area contributed by atoms with Gasteiger partial charge in [0.25, 0.3) is 0 Å². The number of thioether (sulfide) groups is 1. The zero-order chi connectivity index (χ0) is 13.7. The lowest BCUT2D eigenvalue weighted by Gasteiger charge is -2.21. The molecule has 6 heteroatoms. The molecule has 0 aliphatic carbocycles. The molecule has 1 aliphatic rings. The Morgan fingerprint density at radius 2 is 2.21 bits per heavy atom. The molecule has 4 N–H and O–H groups in total. The smallest absolute Gasteiger partial charge is 0.319 e. The predicted octanol–water partition coefficient (Wildman–Crippen LogP) is 1.25. The summed E-state index contributed by atoms with van der Waals surface area (Å²) >= 11 is 1.65. The molecule has 1 fully saturated rings. The lowest BCUT2D eigenvalue weighted by molar-refractivity contribution is 0.0640. The third-order valence-corrected chi connectivity index (χ3v) is 3.89. The predicted molar refractivity (Wildman–Crippen MR) is 77.7 cm³/mol. The fourth-order valence-corrected chi connectivity index (χ4v) is 2.38. The van der Waals surface area contributed by atoms with Crippen molar-refractivity contribution in [2.45, 2.75) is 16.9 Å². The summed E-state index contributed by atoms with van der Waals surface area (Å²) in [4.78, 5) is 12.9. The van der Waals surface area contributed by atoms with Crippen LogP contribution in [0.4, 0.5) is 10.5 Å². The molecular formula is C13H19N3O2S. The zero-order valence-electron chi connectivity index (χ0n) is 10.9. The molecule has 1 aliphatic heterocycles. The molecule has 0 radical (unpaired) electrons. The number of β-amino-alcohol motifs (C(OH)–C–C–N with tert-alkyl or cyclic N) is 1. The lowest BCUT2D eigenvalue weighted by Crippen LogP contribution is -2.45. The number of rotatable bonds is 4. The highest BCUT2D eigenvalue weighted by Crippen LogP contribution is 2.17. The Kier molecular flexibility index (Phi) is 4.68. The maximum absolute atomic E-state index is 11.7. The second-order valence-electron chi connectivity index (χ2n) is 4.69. The van der Waals surface area contributed by atoms with Gasteiger partial charge < -0.3 is 21.1 Å². The van der Waals surface area contributed by atoms with Crippen LogP contribution in [0.25, 0.3) is 0 Å². The van der Waals surface area contributed by atoms with Crippen LogP contribution in [0.15, 0.2) is 29.2 Å². The van der Waals surface area contributed by atoms with Crippen LogP contribution in [0.1, 0.15) is 6.42 Å². The number of carbonyl (C=O) groups excluding carboxylic acids is 1. The molecule has 1 aromatic carbocycles. The van der Waals surface area contributed by atoms with Gasteiger partial charge in [-0.1, -0.05) is 0 Å². The van der Waals surface area contributed by atoms with Crippen LogP contribution in [0.3, 0.4) is 0 Å². The number of carbonyl (C=O) groups is 1. The van der Waals surface area contributed by atoms with Gasteiger partial charge in [-0.15, -0.1) is 11.8 Å². The average molecular weight is 281 g/mol. The van der Waals surface area contributed by atoms with Gasteiger partial charge in [0.2, 0.25) is 0 Å². The fraction of sp³-hybridized carbons (Fsp3) is 0.462. The van der Waals surface area contributed by atoms with Gasteiger partial charge in [0.05, 0.1) is 5.60 Å². The van der Waals surface area contributed by atoms with Crippen molar-refractivity contribution in [3.63, 3.8) is 0 Å². The summed E-state index contributed by atoms with van der Waals surface area (Å²) in [6.45, 7) is 1.57. The highest BCUT2D eigenvalue weighted by atomic mass is 32.2. The molecule has 1 saturated heterocycles. The molecule has 0 bridgehead atoms. The van der Waals surface area contributed by atoms with Crippen LogP contribution >= 0.6 is 11.8 Å². The van der Waals surface area contributed by atoms with Gasteiger partial charge in [-0.05, 0) is 43.5 Å². The molecule has 1 heterocycles. The van der Waals surface area contributed by atoms with Crippen molar-refractivity contribution < 1.29 is 9.90 Å². The van der Waals surface area contributed by atoms with E-state index >= 15 is 0 Å². The number of benzene rings is 1. The first-order valence-corrected chi connectivity index (χ1v) is 7.46. The van der Waals surface area contributed by atoms with E-state index in [1.165, 1.54) is 0 Å². The molecule has 5 nitrogen and oxygen atoms in total. The molecule has 0 aromatic heterocycles. The number of nitrogens with one attached hydrogen (secondary N) is 3. The van der Waals surface area contributed by atoms with Gasteiger partial charge in [0.15, 0.2) is 0 Å². The van der Waals surface area contributed by atoms with Gasteiger partial charge in [-0.3, -0.25) is 0 Å².